The summed E-state index contributed by atoms with van der Waals surface area (Å²) in [6.45, 7) is 2.14. The van der Waals surface area contributed by atoms with E-state index in [9.17, 15) is 0 Å². The van der Waals surface area contributed by atoms with Gasteiger partial charge in [0, 0.05) is 5.33 Å². The lowest BCUT2D eigenvalue weighted by molar-refractivity contribution is 1.43. The summed E-state index contributed by atoms with van der Waals surface area (Å²) in [5.74, 6) is 0. The highest BCUT2D eigenvalue weighted by Gasteiger charge is 1.89. The smallest absolute Gasteiger partial charge is 0.103 e. The molecule has 0 bridgehead atoms. The average molecular weight is 168 g/mol. The second-order valence-corrected chi connectivity index (χ2v) is 4.78. The molecule has 0 aliphatic carbocycles. The zero-order chi connectivity index (χ0) is 4.99. The van der Waals surface area contributed by atoms with E-state index in [-0.39, 0.29) is 0 Å². The van der Waals surface area contributed by atoms with E-state index in [4.69, 9.17) is 5.40 Å². The zero-order valence-electron chi connectivity index (χ0n) is 3.95. The molecule has 0 aliphatic rings. The third-order valence-corrected chi connectivity index (χ3v) is 3.07. The second kappa shape index (κ2) is 3.83. The van der Waals surface area contributed by atoms with Gasteiger partial charge in [0.1, 0.15) is 8.96 Å². The van der Waals surface area contributed by atoms with Gasteiger partial charge >= 0.3 is 0 Å². The molecule has 6 heavy (non-hydrogen) atoms. The molecule has 0 heterocycles. The van der Waals surface area contributed by atoms with Crippen LogP contribution in [-0.4, -0.2) is 14.3 Å². The van der Waals surface area contributed by atoms with Crippen molar-refractivity contribution in [1.29, 1.82) is 0 Å². The Morgan fingerprint density at radius 3 is 2.33 bits per heavy atom. The Hall–Kier alpha value is 0.657. The predicted molar refractivity (Wildman–Crippen MR) is 35.8 cm³/mol. The van der Waals surface area contributed by atoms with Gasteiger partial charge in [-0.1, -0.05) is 22.5 Å². The van der Waals surface area contributed by atoms with Gasteiger partial charge in [-0.3, -0.25) is 0 Å². The van der Waals surface area contributed by atoms with Crippen LogP contribution in [0.1, 0.15) is 0 Å². The van der Waals surface area contributed by atoms with Gasteiger partial charge in [-0.15, -0.1) is 0 Å². The Morgan fingerprint density at radius 1 is 1.83 bits per heavy atom. The van der Waals surface area contributed by atoms with Gasteiger partial charge in [0.2, 0.25) is 0 Å². The van der Waals surface area contributed by atoms with Crippen molar-refractivity contribution >= 4 is 24.9 Å². The van der Waals surface area contributed by atoms with E-state index < -0.39 is 8.96 Å². The van der Waals surface area contributed by atoms with Gasteiger partial charge in [0.05, 0.1) is 0 Å². The van der Waals surface area contributed by atoms with E-state index in [1.165, 1.54) is 6.04 Å². The maximum atomic E-state index is 5.51. The lowest BCUT2D eigenvalue weighted by atomic mass is 11.0. The molecule has 0 radical (unpaired) electrons. The standard InChI is InChI=1S/C3H10BrNSi/c1-6(5)3-2-4/h6H,2-3,5H2,1H3. The first-order valence-electron chi connectivity index (χ1n) is 2.09. The van der Waals surface area contributed by atoms with E-state index >= 15 is 0 Å². The first kappa shape index (κ1) is 6.66. The number of halogens is 1. The van der Waals surface area contributed by atoms with Crippen molar-refractivity contribution < 1.29 is 0 Å². The van der Waals surface area contributed by atoms with Gasteiger partial charge in [-0.05, 0) is 6.04 Å². The van der Waals surface area contributed by atoms with Crippen molar-refractivity contribution in [3.63, 3.8) is 0 Å². The third-order valence-electron chi connectivity index (χ3n) is 0.564. The molecule has 0 aromatic heterocycles. The van der Waals surface area contributed by atoms with E-state index in [0.29, 0.717) is 0 Å². The normalized spacial score (nSPS) is 14.5. The molecule has 0 aromatic carbocycles. The van der Waals surface area contributed by atoms with Crippen molar-refractivity contribution in [1.82, 2.24) is 0 Å². The van der Waals surface area contributed by atoms with Gasteiger partial charge < -0.3 is 5.40 Å². The molecule has 0 spiro atoms. The lowest BCUT2D eigenvalue weighted by Gasteiger charge is -1.93. The summed E-state index contributed by atoms with van der Waals surface area (Å²) < 4.78 is 0. The number of nitrogens with two attached hydrogens (primary N) is 1. The fourth-order valence-corrected chi connectivity index (χ4v) is 2.68. The van der Waals surface area contributed by atoms with Gasteiger partial charge in [-0.2, -0.15) is 0 Å². The van der Waals surface area contributed by atoms with E-state index in [1.54, 1.807) is 0 Å². The van der Waals surface area contributed by atoms with E-state index in [2.05, 4.69) is 22.5 Å². The van der Waals surface area contributed by atoms with Crippen LogP contribution in [0.25, 0.3) is 0 Å². The topological polar surface area (TPSA) is 26.0 Å². The number of hydrogen-bond donors (Lipinski definition) is 1. The molecule has 0 saturated carbocycles. The van der Waals surface area contributed by atoms with E-state index in [1.807, 2.05) is 0 Å². The molecular weight excluding hydrogens is 158 g/mol. The monoisotopic (exact) mass is 167 g/mol. The minimum absolute atomic E-state index is 0.717. The maximum Gasteiger partial charge on any atom is 0.103 e. The van der Waals surface area contributed by atoms with Crippen molar-refractivity contribution in [2.45, 2.75) is 12.6 Å². The molecule has 0 saturated heterocycles. The van der Waals surface area contributed by atoms with Crippen LogP contribution in [0, 0.1) is 0 Å². The predicted octanol–water partition coefficient (Wildman–Crippen LogP) is 0.694. The minimum Gasteiger partial charge on any atom is -0.353 e. The van der Waals surface area contributed by atoms with Crippen LogP contribution >= 0.6 is 15.9 Å². The molecule has 1 unspecified atom stereocenters. The molecule has 38 valence electrons. The van der Waals surface area contributed by atoms with Crippen LogP contribution in [0.5, 0.6) is 0 Å². The first-order chi connectivity index (χ1) is 2.77. The van der Waals surface area contributed by atoms with Crippen LogP contribution in [-0.2, 0) is 0 Å². The van der Waals surface area contributed by atoms with Gasteiger partial charge in [-0.25, -0.2) is 0 Å². The van der Waals surface area contributed by atoms with Crippen molar-refractivity contribution in [3.8, 4) is 0 Å². The number of rotatable bonds is 2. The highest BCUT2D eigenvalue weighted by Crippen LogP contribution is 1.88. The summed E-state index contributed by atoms with van der Waals surface area (Å²) in [5.41, 5.74) is 0. The average Bonchev–Trinajstić information content (AvgIpc) is 1.35. The van der Waals surface area contributed by atoms with Crippen LogP contribution in [0.3, 0.4) is 0 Å². The van der Waals surface area contributed by atoms with Gasteiger partial charge in [0.25, 0.3) is 0 Å². The summed E-state index contributed by atoms with van der Waals surface area (Å²) in [6.07, 6.45) is 0. The van der Waals surface area contributed by atoms with Gasteiger partial charge in [0.15, 0.2) is 0 Å². The summed E-state index contributed by atoms with van der Waals surface area (Å²) in [5, 5.41) is 6.59. The molecule has 0 aliphatic heterocycles. The highest BCUT2D eigenvalue weighted by molar-refractivity contribution is 9.09. The number of alkyl halides is 1. The molecule has 0 amide bonds. The zero-order valence-corrected chi connectivity index (χ0v) is 6.69. The Morgan fingerprint density at radius 2 is 2.33 bits per heavy atom. The van der Waals surface area contributed by atoms with Crippen LogP contribution in [0.15, 0.2) is 0 Å². The molecule has 1 nitrogen and oxygen atoms in total. The lowest BCUT2D eigenvalue weighted by Crippen LogP contribution is -2.20. The molecule has 2 N–H and O–H groups in total. The molecule has 0 aromatic rings. The quantitative estimate of drug-likeness (QED) is 0.476. The van der Waals surface area contributed by atoms with Crippen molar-refractivity contribution in [2.75, 3.05) is 5.33 Å². The Balaban J connectivity index is 2.63. The number of hydrogen-bond acceptors (Lipinski definition) is 1. The summed E-state index contributed by atoms with van der Waals surface area (Å²) in [7, 11) is -0.717. The Kier molecular flexibility index (Phi) is 4.25. The highest BCUT2D eigenvalue weighted by atomic mass is 79.9. The second-order valence-electron chi connectivity index (χ2n) is 1.45. The maximum absolute atomic E-state index is 5.51. The molecule has 1 atom stereocenters. The van der Waals surface area contributed by atoms with Crippen molar-refractivity contribution in [3.05, 3.63) is 0 Å². The largest absolute Gasteiger partial charge is 0.353 e. The third kappa shape index (κ3) is 4.66. The fourth-order valence-electron chi connectivity index (χ4n) is 0.172. The Labute approximate surface area is 48.7 Å². The summed E-state index contributed by atoms with van der Waals surface area (Å²) >= 11 is 3.30. The molecule has 0 fully saturated rings. The summed E-state index contributed by atoms with van der Waals surface area (Å²) in [6, 6.07) is 1.21. The molecule has 0 rings (SSSR count). The first-order valence-corrected chi connectivity index (χ1v) is 5.85. The van der Waals surface area contributed by atoms with Crippen LogP contribution < -0.4 is 5.40 Å². The van der Waals surface area contributed by atoms with Crippen molar-refractivity contribution in [2.24, 2.45) is 5.40 Å². The fraction of sp³-hybridized carbons (Fsp3) is 1.00. The molecular formula is C3H10BrNSi. The molecule has 3 heteroatoms. The van der Waals surface area contributed by atoms with Crippen LogP contribution in [0.2, 0.25) is 12.6 Å². The van der Waals surface area contributed by atoms with E-state index in [0.717, 1.165) is 5.33 Å². The Bertz CT molecular complexity index is 32.0. The van der Waals surface area contributed by atoms with Crippen LogP contribution in [0.4, 0.5) is 0 Å². The minimum atomic E-state index is -0.717. The SMILES string of the molecule is C[SiH](N)CCBr. The summed E-state index contributed by atoms with van der Waals surface area (Å²) in [4.78, 5) is 0.